The largest absolute Gasteiger partial charge is 0.338 e. The molecule has 2 amide bonds. The van der Waals surface area contributed by atoms with Crippen molar-refractivity contribution in [2.45, 2.75) is 40.4 Å². The molecule has 7 heteroatoms. The highest BCUT2D eigenvalue weighted by molar-refractivity contribution is 7.91. The molecule has 2 aromatic carbocycles. The lowest BCUT2D eigenvalue weighted by atomic mass is 10.1. The van der Waals surface area contributed by atoms with E-state index in [9.17, 15) is 18.0 Å². The topological polar surface area (TPSA) is 83.5 Å². The minimum absolute atomic E-state index is 0.108. The van der Waals surface area contributed by atoms with Gasteiger partial charge < -0.3 is 10.2 Å². The molecular weight excluding hydrogens is 424 g/mol. The molecule has 2 rings (SSSR count). The lowest BCUT2D eigenvalue weighted by Crippen LogP contribution is -2.37. The van der Waals surface area contributed by atoms with Crippen LogP contribution in [0.15, 0.2) is 48.5 Å². The van der Waals surface area contributed by atoms with Crippen molar-refractivity contribution in [1.29, 1.82) is 0 Å². The smallest absolute Gasteiger partial charge is 0.253 e. The highest BCUT2D eigenvalue weighted by atomic mass is 32.2. The van der Waals surface area contributed by atoms with Crippen molar-refractivity contribution in [3.63, 3.8) is 0 Å². The minimum Gasteiger partial charge on any atom is -0.338 e. The zero-order valence-electron chi connectivity index (χ0n) is 19.6. The first-order valence-electron chi connectivity index (χ1n) is 10.9. The van der Waals surface area contributed by atoms with Gasteiger partial charge in [0.05, 0.1) is 5.75 Å². The molecular formula is C25H34N2O4S. The second-order valence-corrected chi connectivity index (χ2v) is 11.2. The van der Waals surface area contributed by atoms with Gasteiger partial charge in [-0.05, 0) is 48.6 Å². The van der Waals surface area contributed by atoms with E-state index in [-0.39, 0.29) is 11.7 Å². The Hall–Kier alpha value is -2.67. The molecule has 2 aromatic rings. The molecule has 0 atom stereocenters. The normalized spacial score (nSPS) is 11.6. The molecule has 174 valence electrons. The summed E-state index contributed by atoms with van der Waals surface area (Å²) < 4.78 is 25.2. The zero-order valence-corrected chi connectivity index (χ0v) is 20.4. The van der Waals surface area contributed by atoms with Gasteiger partial charge in [-0.2, -0.15) is 0 Å². The van der Waals surface area contributed by atoms with E-state index in [1.54, 1.807) is 36.4 Å². The van der Waals surface area contributed by atoms with Crippen LogP contribution in [-0.4, -0.2) is 44.0 Å². The van der Waals surface area contributed by atoms with E-state index in [4.69, 9.17) is 0 Å². The van der Waals surface area contributed by atoms with Gasteiger partial charge in [-0.25, -0.2) is 8.42 Å². The van der Waals surface area contributed by atoms with Gasteiger partial charge in [0.2, 0.25) is 5.91 Å². The van der Waals surface area contributed by atoms with Gasteiger partial charge in [-0.15, -0.1) is 0 Å². The third-order valence-corrected chi connectivity index (χ3v) is 6.18. The van der Waals surface area contributed by atoms with Crippen LogP contribution in [0.4, 0.5) is 5.69 Å². The summed E-state index contributed by atoms with van der Waals surface area (Å²) in [5.41, 5.74) is 2.56. The van der Waals surface area contributed by atoms with Crippen LogP contribution >= 0.6 is 0 Å². The van der Waals surface area contributed by atoms with Gasteiger partial charge in [0, 0.05) is 24.3 Å². The second-order valence-electron chi connectivity index (χ2n) is 9.14. The fourth-order valence-electron chi connectivity index (χ4n) is 3.44. The molecule has 0 aromatic heterocycles. The maximum Gasteiger partial charge on any atom is 0.253 e. The van der Waals surface area contributed by atoms with Gasteiger partial charge in [-0.3, -0.25) is 9.59 Å². The first-order chi connectivity index (χ1) is 14.9. The number of rotatable bonds is 10. The van der Waals surface area contributed by atoms with E-state index in [0.717, 1.165) is 5.56 Å². The van der Waals surface area contributed by atoms with Crippen molar-refractivity contribution < 1.29 is 18.0 Å². The van der Waals surface area contributed by atoms with Crippen LogP contribution in [0.5, 0.6) is 0 Å². The Morgan fingerprint density at radius 1 is 0.938 bits per heavy atom. The molecule has 0 spiro atoms. The van der Waals surface area contributed by atoms with Crippen LogP contribution in [0.1, 0.15) is 49.2 Å². The Morgan fingerprint density at radius 2 is 1.53 bits per heavy atom. The lowest BCUT2D eigenvalue weighted by molar-refractivity contribution is -0.113. The maximum atomic E-state index is 13.1. The molecule has 0 fully saturated rings. The van der Waals surface area contributed by atoms with Crippen LogP contribution in [-0.2, 0) is 20.4 Å². The summed E-state index contributed by atoms with van der Waals surface area (Å²) in [5, 5.41) is 2.61. The highest BCUT2D eigenvalue weighted by Crippen LogP contribution is 2.15. The number of nitrogens with zero attached hydrogens (tertiary/aromatic N) is 1. The molecule has 0 aliphatic heterocycles. The number of benzene rings is 2. The Balaban J connectivity index is 2.08. The average Bonchev–Trinajstić information content (AvgIpc) is 2.67. The number of amides is 2. The maximum absolute atomic E-state index is 13.1. The fraction of sp³-hybridized carbons (Fsp3) is 0.440. The number of carbonyl (C=O) groups is 2. The summed E-state index contributed by atoms with van der Waals surface area (Å²) in [6.07, 6.45) is 0. The van der Waals surface area contributed by atoms with E-state index in [1.807, 2.05) is 24.0 Å². The Labute approximate surface area is 191 Å². The lowest BCUT2D eigenvalue weighted by Gasteiger charge is -2.26. The van der Waals surface area contributed by atoms with E-state index in [2.05, 4.69) is 33.0 Å². The first kappa shape index (κ1) is 25.6. The molecule has 1 N–H and O–H groups in total. The van der Waals surface area contributed by atoms with Crippen molar-refractivity contribution in [2.75, 3.05) is 24.2 Å². The molecule has 0 radical (unpaired) electrons. The van der Waals surface area contributed by atoms with Crippen molar-refractivity contribution in [1.82, 2.24) is 4.90 Å². The first-order valence-corrected chi connectivity index (χ1v) is 12.7. The predicted octanol–water partition coefficient (Wildman–Crippen LogP) is 4.30. The van der Waals surface area contributed by atoms with Gasteiger partial charge >= 0.3 is 0 Å². The van der Waals surface area contributed by atoms with Crippen molar-refractivity contribution >= 4 is 27.3 Å². The van der Waals surface area contributed by atoms with Gasteiger partial charge in [0.25, 0.3) is 5.91 Å². The number of hydrogen-bond donors (Lipinski definition) is 1. The van der Waals surface area contributed by atoms with E-state index >= 15 is 0 Å². The third-order valence-electron chi connectivity index (χ3n) is 4.71. The molecule has 0 bridgehead atoms. The number of carbonyl (C=O) groups excluding carboxylic acids is 2. The van der Waals surface area contributed by atoms with Crippen LogP contribution in [0.25, 0.3) is 0 Å². The van der Waals surface area contributed by atoms with Gasteiger partial charge in [0.1, 0.15) is 5.75 Å². The molecule has 0 aliphatic rings. The van der Waals surface area contributed by atoms with E-state index < -0.39 is 21.5 Å². The van der Waals surface area contributed by atoms with Crippen molar-refractivity contribution in [3.8, 4) is 0 Å². The third kappa shape index (κ3) is 8.46. The second kappa shape index (κ2) is 11.3. The monoisotopic (exact) mass is 458 g/mol. The molecule has 6 nitrogen and oxygen atoms in total. The summed E-state index contributed by atoms with van der Waals surface area (Å²) in [4.78, 5) is 27.1. The number of sulfone groups is 1. The summed E-state index contributed by atoms with van der Waals surface area (Å²) >= 11 is 0. The predicted molar refractivity (Wildman–Crippen MR) is 129 cm³/mol. The summed E-state index contributed by atoms with van der Waals surface area (Å²) in [5.74, 6) is -0.957. The van der Waals surface area contributed by atoms with Crippen LogP contribution in [0.3, 0.4) is 0 Å². The van der Waals surface area contributed by atoms with Crippen LogP contribution < -0.4 is 5.32 Å². The summed E-state index contributed by atoms with van der Waals surface area (Å²) in [6, 6.07) is 13.8. The number of aryl methyl sites for hydroxylation is 1. The number of nitrogens with one attached hydrogen (secondary N) is 1. The number of anilines is 1. The van der Waals surface area contributed by atoms with Gasteiger partial charge in [0.15, 0.2) is 9.84 Å². The Kier molecular flexibility index (Phi) is 9.01. The molecule has 0 saturated heterocycles. The van der Waals surface area contributed by atoms with Gasteiger partial charge in [-0.1, -0.05) is 57.5 Å². The van der Waals surface area contributed by atoms with Crippen LogP contribution in [0, 0.1) is 18.8 Å². The number of hydrogen-bond acceptors (Lipinski definition) is 4. The molecule has 0 saturated carbocycles. The zero-order chi connectivity index (χ0) is 23.9. The molecule has 0 unspecified atom stereocenters. The van der Waals surface area contributed by atoms with E-state index in [0.29, 0.717) is 41.7 Å². The van der Waals surface area contributed by atoms with Crippen LogP contribution in [0.2, 0.25) is 0 Å². The summed E-state index contributed by atoms with van der Waals surface area (Å²) in [6.45, 7) is 11.4. The minimum atomic E-state index is -3.70. The van der Waals surface area contributed by atoms with Crippen molar-refractivity contribution in [3.05, 3.63) is 65.2 Å². The van der Waals surface area contributed by atoms with E-state index in [1.165, 1.54) is 0 Å². The quantitative estimate of drug-likeness (QED) is 0.575. The molecule has 0 heterocycles. The Bertz CT molecular complexity index is 1020. The van der Waals surface area contributed by atoms with Crippen molar-refractivity contribution in [2.24, 2.45) is 11.8 Å². The fourth-order valence-corrected chi connectivity index (χ4v) is 4.70. The standard InChI is InChI=1S/C25H34N2O4S/c1-18(2)14-27(15-19(3)4)25(29)22-8-6-7-21(13-22)16-32(30,31)17-24(28)26-23-11-9-20(5)10-12-23/h6-13,18-19H,14-17H2,1-5H3,(H,26,28). The molecule has 0 aliphatic carbocycles. The molecule has 32 heavy (non-hydrogen) atoms. The highest BCUT2D eigenvalue weighted by Gasteiger charge is 2.21. The SMILES string of the molecule is Cc1ccc(NC(=O)CS(=O)(=O)Cc2cccc(C(=O)N(CC(C)C)CC(C)C)c2)cc1. The summed E-state index contributed by atoms with van der Waals surface area (Å²) in [7, 11) is -3.70. The average molecular weight is 459 g/mol. The Morgan fingerprint density at radius 3 is 2.09 bits per heavy atom.